The van der Waals surface area contributed by atoms with Gasteiger partial charge in [-0.2, -0.15) is 0 Å². The molecule has 270 valence electrons. The first kappa shape index (κ1) is 41.7. The number of carbonyl (C=O) groups is 2. The molecule has 50 heavy (non-hydrogen) atoms. The first-order valence-corrected chi connectivity index (χ1v) is 18.1. The van der Waals surface area contributed by atoms with Gasteiger partial charge in [-0.15, -0.1) is 0 Å². The number of hydrogen-bond donors (Lipinski definition) is 3. The lowest BCUT2D eigenvalue weighted by Crippen LogP contribution is -2.58. The van der Waals surface area contributed by atoms with Crippen molar-refractivity contribution in [1.82, 2.24) is 20.4 Å². The second kappa shape index (κ2) is 24.6. The number of benzene rings is 4. The van der Waals surface area contributed by atoms with Crippen LogP contribution < -0.4 is 10.6 Å². The summed E-state index contributed by atoms with van der Waals surface area (Å²) < 4.78 is 0. The van der Waals surface area contributed by atoms with Gasteiger partial charge in [-0.3, -0.25) is 9.69 Å². The predicted octanol–water partition coefficient (Wildman–Crippen LogP) is 8.01. The van der Waals surface area contributed by atoms with Crippen molar-refractivity contribution >= 4 is 11.9 Å². The van der Waals surface area contributed by atoms with Gasteiger partial charge in [0, 0.05) is 39.3 Å². The third-order valence-corrected chi connectivity index (χ3v) is 7.97. The number of aliphatic hydroxyl groups is 1. The highest BCUT2D eigenvalue weighted by atomic mass is 16.3. The van der Waals surface area contributed by atoms with Crippen molar-refractivity contribution in [2.24, 2.45) is 5.92 Å². The van der Waals surface area contributed by atoms with Crippen molar-refractivity contribution in [3.8, 4) is 0 Å². The van der Waals surface area contributed by atoms with Gasteiger partial charge >= 0.3 is 6.03 Å². The summed E-state index contributed by atoms with van der Waals surface area (Å²) in [4.78, 5) is 29.0. The average molecular weight is 681 g/mol. The highest BCUT2D eigenvalue weighted by Crippen LogP contribution is 2.15. The van der Waals surface area contributed by atoms with Crippen molar-refractivity contribution in [3.05, 3.63) is 144 Å². The summed E-state index contributed by atoms with van der Waals surface area (Å²) in [6.07, 6.45) is 0.700. The average Bonchev–Trinajstić information content (AvgIpc) is 3.12. The minimum Gasteiger partial charge on any atom is -0.392 e. The Bertz CT molecular complexity index is 1360. The fraction of sp³-hybridized carbons (Fsp3) is 0.395. The van der Waals surface area contributed by atoms with Gasteiger partial charge in [-0.1, -0.05) is 160 Å². The maximum absolute atomic E-state index is 12.9. The van der Waals surface area contributed by atoms with Crippen LogP contribution in [-0.2, 0) is 17.9 Å². The van der Waals surface area contributed by atoms with Crippen LogP contribution in [0.2, 0.25) is 0 Å². The fourth-order valence-electron chi connectivity index (χ4n) is 5.51. The van der Waals surface area contributed by atoms with Gasteiger partial charge in [0.05, 0.1) is 6.10 Å². The van der Waals surface area contributed by atoms with Gasteiger partial charge in [0.25, 0.3) is 0 Å². The highest BCUT2D eigenvalue weighted by molar-refractivity contribution is 5.87. The standard InChI is InChI=1S/C27H38N4O3.2C7H8.C2H6/c1-21(2)25(31-17-9-15-29-27(31)34)26(33)28-16-14-24(32)20-30(18-22-10-5-3-6-11-22)19-23-12-7-4-8-13-23;2*1-7-5-3-2-4-6-7;1-2/h3-8,10-13,21,24-25,32H,9,14-20H2,1-2H3,(H,28,33)(H,29,34);2*2-6H,1H3;1-2H3. The van der Waals surface area contributed by atoms with Crippen LogP contribution in [0.1, 0.15) is 62.8 Å². The summed E-state index contributed by atoms with van der Waals surface area (Å²) in [6, 6.07) is 40.3. The number of carbonyl (C=O) groups excluding carboxylic acids is 2. The van der Waals surface area contributed by atoms with E-state index < -0.39 is 12.1 Å². The molecule has 1 saturated heterocycles. The van der Waals surface area contributed by atoms with Crippen LogP contribution in [0.3, 0.4) is 0 Å². The topological polar surface area (TPSA) is 84.9 Å². The van der Waals surface area contributed by atoms with Gasteiger partial charge < -0.3 is 20.6 Å². The molecule has 1 fully saturated rings. The maximum Gasteiger partial charge on any atom is 0.318 e. The molecule has 0 aromatic heterocycles. The molecule has 4 aromatic carbocycles. The second-order valence-corrected chi connectivity index (χ2v) is 12.7. The Kier molecular flexibility index (Phi) is 20.6. The summed E-state index contributed by atoms with van der Waals surface area (Å²) in [5.74, 6) is -0.161. The molecule has 0 aliphatic carbocycles. The molecule has 0 bridgehead atoms. The summed E-state index contributed by atoms with van der Waals surface area (Å²) in [5.41, 5.74) is 5.03. The van der Waals surface area contributed by atoms with E-state index in [0.717, 1.165) is 19.5 Å². The lowest BCUT2D eigenvalue weighted by molar-refractivity contribution is -0.127. The molecular weight excluding hydrogens is 620 g/mol. The summed E-state index contributed by atoms with van der Waals surface area (Å²) in [7, 11) is 0. The smallest absolute Gasteiger partial charge is 0.318 e. The molecule has 1 aliphatic rings. The lowest BCUT2D eigenvalue weighted by atomic mass is 10.0. The molecule has 1 aliphatic heterocycles. The molecule has 0 spiro atoms. The van der Waals surface area contributed by atoms with E-state index in [1.807, 2.05) is 100 Å². The molecule has 3 amide bonds. The quantitative estimate of drug-likeness (QED) is 0.142. The van der Waals surface area contributed by atoms with E-state index in [2.05, 4.69) is 77.9 Å². The molecule has 4 aromatic rings. The fourth-order valence-corrected chi connectivity index (χ4v) is 5.51. The third-order valence-electron chi connectivity index (χ3n) is 7.97. The number of aliphatic hydroxyl groups excluding tert-OH is 1. The monoisotopic (exact) mass is 680 g/mol. The number of urea groups is 1. The minimum absolute atomic E-state index is 0.000935. The largest absolute Gasteiger partial charge is 0.392 e. The molecule has 3 N–H and O–H groups in total. The van der Waals surface area contributed by atoms with E-state index in [-0.39, 0.29) is 17.9 Å². The van der Waals surface area contributed by atoms with Crippen LogP contribution in [-0.4, -0.2) is 65.2 Å². The zero-order chi connectivity index (χ0) is 36.6. The van der Waals surface area contributed by atoms with Crippen LogP contribution in [0.25, 0.3) is 0 Å². The normalized spacial score (nSPS) is 13.3. The third kappa shape index (κ3) is 16.8. The molecule has 7 heteroatoms. The summed E-state index contributed by atoms with van der Waals surface area (Å²) >= 11 is 0. The van der Waals surface area contributed by atoms with Crippen molar-refractivity contribution in [2.45, 2.75) is 79.6 Å². The Hall–Kier alpha value is -4.46. The van der Waals surface area contributed by atoms with Gasteiger partial charge in [-0.25, -0.2) is 4.79 Å². The van der Waals surface area contributed by atoms with E-state index in [1.54, 1.807) is 4.90 Å². The van der Waals surface area contributed by atoms with Gasteiger partial charge in [0.2, 0.25) is 5.91 Å². The molecule has 0 radical (unpaired) electrons. The first-order valence-electron chi connectivity index (χ1n) is 18.1. The number of aryl methyl sites for hydroxylation is 2. The lowest BCUT2D eigenvalue weighted by Gasteiger charge is -2.36. The molecule has 2 unspecified atom stereocenters. The second-order valence-electron chi connectivity index (χ2n) is 12.7. The highest BCUT2D eigenvalue weighted by Gasteiger charge is 2.33. The number of rotatable bonds is 12. The Morgan fingerprint density at radius 2 is 1.22 bits per heavy atom. The van der Waals surface area contributed by atoms with Crippen LogP contribution in [0.5, 0.6) is 0 Å². The van der Waals surface area contributed by atoms with Crippen LogP contribution in [0.15, 0.2) is 121 Å². The zero-order valence-corrected chi connectivity index (χ0v) is 31.1. The zero-order valence-electron chi connectivity index (χ0n) is 31.1. The Labute approximate surface area is 301 Å². The Morgan fingerprint density at radius 1 is 0.780 bits per heavy atom. The molecule has 7 nitrogen and oxygen atoms in total. The Balaban J connectivity index is 0.000000441. The van der Waals surface area contributed by atoms with Crippen molar-refractivity contribution < 1.29 is 14.7 Å². The number of nitrogens with one attached hydrogen (secondary N) is 2. The van der Waals surface area contributed by atoms with E-state index >= 15 is 0 Å². The molecule has 1 heterocycles. The van der Waals surface area contributed by atoms with Crippen LogP contribution in [0.4, 0.5) is 4.79 Å². The maximum atomic E-state index is 12.9. The summed E-state index contributed by atoms with van der Waals surface area (Å²) in [5, 5.41) is 16.5. The molecule has 2 atom stereocenters. The van der Waals surface area contributed by atoms with E-state index in [1.165, 1.54) is 22.3 Å². The van der Waals surface area contributed by atoms with Gasteiger partial charge in [0.1, 0.15) is 6.04 Å². The molecule has 5 rings (SSSR count). The predicted molar refractivity (Wildman–Crippen MR) is 208 cm³/mol. The number of hydrogen-bond acceptors (Lipinski definition) is 4. The van der Waals surface area contributed by atoms with Crippen LogP contribution in [0, 0.1) is 19.8 Å². The number of amides is 3. The van der Waals surface area contributed by atoms with Gasteiger partial charge in [0.15, 0.2) is 0 Å². The minimum atomic E-state index is -0.580. The molecule has 0 saturated carbocycles. The number of nitrogens with zero attached hydrogens (tertiary/aromatic N) is 2. The van der Waals surface area contributed by atoms with Crippen LogP contribution >= 0.6 is 0 Å². The van der Waals surface area contributed by atoms with Crippen molar-refractivity contribution in [1.29, 1.82) is 0 Å². The van der Waals surface area contributed by atoms with Crippen molar-refractivity contribution in [2.75, 3.05) is 26.2 Å². The van der Waals surface area contributed by atoms with E-state index in [4.69, 9.17) is 0 Å². The van der Waals surface area contributed by atoms with E-state index in [9.17, 15) is 14.7 Å². The molecular formula is C43H60N4O3. The van der Waals surface area contributed by atoms with E-state index in [0.29, 0.717) is 32.6 Å². The SMILES string of the molecule is CC.CC(C)C(C(=O)NCCC(O)CN(Cc1ccccc1)Cc1ccccc1)N1CCCNC1=O.Cc1ccccc1.Cc1ccccc1. The van der Waals surface area contributed by atoms with Gasteiger partial charge in [-0.05, 0) is 43.7 Å². The van der Waals surface area contributed by atoms with Crippen molar-refractivity contribution in [3.63, 3.8) is 0 Å². The Morgan fingerprint density at radius 3 is 1.60 bits per heavy atom. The first-order chi connectivity index (χ1) is 24.2. The summed E-state index contributed by atoms with van der Waals surface area (Å²) in [6.45, 7) is 15.6.